The Morgan fingerprint density at radius 1 is 1.32 bits per heavy atom. The van der Waals surface area contributed by atoms with E-state index < -0.39 is 0 Å². The summed E-state index contributed by atoms with van der Waals surface area (Å²) in [6, 6.07) is 0.0635. The molecule has 4 rings (SSSR count). The Labute approximate surface area is 148 Å². The van der Waals surface area contributed by atoms with Crippen LogP contribution in [0.4, 0.5) is 5.82 Å². The molecule has 1 aliphatic heterocycles. The van der Waals surface area contributed by atoms with Crippen molar-refractivity contribution < 1.29 is 4.79 Å². The second-order valence-corrected chi connectivity index (χ2v) is 7.04. The largest absolute Gasteiger partial charge is 0.353 e. The number of thiazole rings is 1. The number of anilines is 1. The van der Waals surface area contributed by atoms with Gasteiger partial charge in [-0.25, -0.2) is 19.9 Å². The highest BCUT2D eigenvalue weighted by Crippen LogP contribution is 2.26. The van der Waals surface area contributed by atoms with Gasteiger partial charge in [0.2, 0.25) is 0 Å². The Morgan fingerprint density at radius 2 is 2.24 bits per heavy atom. The molecule has 1 aliphatic rings. The smallest absolute Gasteiger partial charge is 0.269 e. The van der Waals surface area contributed by atoms with Gasteiger partial charge in [-0.15, -0.1) is 11.3 Å². The number of hydrogen-bond donors (Lipinski definition) is 1. The molecule has 3 aromatic heterocycles. The zero-order valence-corrected chi connectivity index (χ0v) is 14.7. The van der Waals surface area contributed by atoms with Crippen LogP contribution in [0, 0.1) is 0 Å². The molecule has 1 amide bonds. The van der Waals surface area contributed by atoms with Gasteiger partial charge in [0.15, 0.2) is 5.82 Å². The average molecular weight is 357 g/mol. The van der Waals surface area contributed by atoms with Gasteiger partial charge >= 0.3 is 0 Å². The van der Waals surface area contributed by atoms with E-state index in [1.54, 1.807) is 28.9 Å². The van der Waals surface area contributed by atoms with Crippen LogP contribution in [0.5, 0.6) is 0 Å². The molecule has 8 nitrogen and oxygen atoms in total. The summed E-state index contributed by atoms with van der Waals surface area (Å²) in [5, 5.41) is 3.14. The van der Waals surface area contributed by atoms with Crippen LogP contribution in [0.3, 0.4) is 0 Å². The fraction of sp³-hybridized carbons (Fsp3) is 0.438. The van der Waals surface area contributed by atoms with Crippen molar-refractivity contribution in [3.63, 3.8) is 0 Å². The van der Waals surface area contributed by atoms with E-state index in [4.69, 9.17) is 0 Å². The topological polar surface area (TPSA) is 88.8 Å². The molecule has 0 aromatic carbocycles. The first kappa shape index (κ1) is 15.9. The summed E-state index contributed by atoms with van der Waals surface area (Å²) in [7, 11) is 1.82. The van der Waals surface area contributed by atoms with E-state index in [9.17, 15) is 4.79 Å². The molecule has 1 N–H and O–H groups in total. The van der Waals surface area contributed by atoms with Crippen LogP contribution in [0.15, 0.2) is 24.4 Å². The highest BCUT2D eigenvalue weighted by Gasteiger charge is 2.24. The molecule has 0 spiro atoms. The van der Waals surface area contributed by atoms with Crippen molar-refractivity contribution in [2.75, 3.05) is 18.0 Å². The van der Waals surface area contributed by atoms with E-state index in [0.717, 1.165) is 42.0 Å². The van der Waals surface area contributed by atoms with E-state index >= 15 is 0 Å². The number of nitrogens with zero attached hydrogens (tertiary/aromatic N) is 6. The molecule has 0 saturated carbocycles. The van der Waals surface area contributed by atoms with Crippen LogP contribution in [0.2, 0.25) is 0 Å². The predicted octanol–water partition coefficient (Wildman–Crippen LogP) is 1.61. The van der Waals surface area contributed by atoms with Crippen molar-refractivity contribution >= 4 is 33.4 Å². The number of carbonyl (C=O) groups is 1. The van der Waals surface area contributed by atoms with Crippen LogP contribution in [-0.2, 0) is 7.05 Å². The quantitative estimate of drug-likeness (QED) is 0.766. The van der Waals surface area contributed by atoms with E-state index in [-0.39, 0.29) is 11.9 Å². The van der Waals surface area contributed by atoms with E-state index in [1.807, 2.05) is 7.05 Å². The highest BCUT2D eigenvalue weighted by atomic mass is 32.1. The van der Waals surface area contributed by atoms with Crippen molar-refractivity contribution in [3.8, 4) is 0 Å². The van der Waals surface area contributed by atoms with Crippen LogP contribution in [0.1, 0.15) is 29.8 Å². The lowest BCUT2D eigenvalue weighted by atomic mass is 10.1. The first-order valence-corrected chi connectivity index (χ1v) is 9.16. The van der Waals surface area contributed by atoms with Crippen LogP contribution < -0.4 is 10.2 Å². The molecule has 0 bridgehead atoms. The number of rotatable bonds is 3. The van der Waals surface area contributed by atoms with E-state index in [2.05, 4.69) is 30.2 Å². The monoisotopic (exact) mass is 357 g/mol. The Morgan fingerprint density at radius 3 is 3.08 bits per heavy atom. The van der Waals surface area contributed by atoms with Gasteiger partial charge in [0, 0.05) is 26.2 Å². The molecule has 130 valence electrons. The van der Waals surface area contributed by atoms with Gasteiger partial charge in [0.05, 0.1) is 18.0 Å². The Hall–Kier alpha value is -2.55. The summed E-state index contributed by atoms with van der Waals surface area (Å²) < 4.78 is 1.73. The van der Waals surface area contributed by atoms with Gasteiger partial charge in [0.25, 0.3) is 5.91 Å². The number of aromatic nitrogens is 5. The van der Waals surface area contributed by atoms with E-state index in [0.29, 0.717) is 12.2 Å². The third-order valence-electron chi connectivity index (χ3n) is 4.47. The molecule has 9 heteroatoms. The average Bonchev–Trinajstić information content (AvgIpc) is 3.19. The number of imidazole rings is 1. The first-order valence-electron chi connectivity index (χ1n) is 8.28. The summed E-state index contributed by atoms with van der Waals surface area (Å²) in [4.78, 5) is 32.8. The molecule has 1 unspecified atom stereocenters. The lowest BCUT2D eigenvalue weighted by Gasteiger charge is -2.26. The van der Waals surface area contributed by atoms with Gasteiger partial charge in [-0.3, -0.25) is 4.79 Å². The summed E-state index contributed by atoms with van der Waals surface area (Å²) in [6.07, 6.45) is 7.89. The SMILES string of the molecule is Cn1cncc1C(=O)NC1CCCCN(c2ncnc3scnc23)C1. The molecule has 3 aromatic rings. The number of nitrogens with one attached hydrogen (secondary N) is 1. The number of amides is 1. The summed E-state index contributed by atoms with van der Waals surface area (Å²) >= 11 is 1.51. The molecule has 4 heterocycles. The minimum absolute atomic E-state index is 0.0635. The summed E-state index contributed by atoms with van der Waals surface area (Å²) in [6.45, 7) is 1.62. The van der Waals surface area contributed by atoms with Crippen molar-refractivity contribution in [1.29, 1.82) is 0 Å². The second-order valence-electron chi connectivity index (χ2n) is 6.21. The maximum absolute atomic E-state index is 12.5. The van der Waals surface area contributed by atoms with Gasteiger partial charge in [-0.2, -0.15) is 0 Å². The molecule has 0 aliphatic carbocycles. The minimum Gasteiger partial charge on any atom is -0.353 e. The second kappa shape index (κ2) is 6.75. The molecule has 0 radical (unpaired) electrons. The molecule has 1 saturated heterocycles. The first-order chi connectivity index (χ1) is 12.2. The lowest BCUT2D eigenvalue weighted by molar-refractivity contribution is 0.0928. The third kappa shape index (κ3) is 3.19. The molecular weight excluding hydrogens is 338 g/mol. The highest BCUT2D eigenvalue weighted by molar-refractivity contribution is 7.16. The maximum Gasteiger partial charge on any atom is 0.269 e. The van der Waals surface area contributed by atoms with Crippen molar-refractivity contribution in [3.05, 3.63) is 30.1 Å². The lowest BCUT2D eigenvalue weighted by Crippen LogP contribution is -2.43. The molecule has 1 fully saturated rings. The van der Waals surface area contributed by atoms with Crippen molar-refractivity contribution in [2.24, 2.45) is 7.05 Å². The number of aryl methyl sites for hydroxylation is 1. The molecular formula is C16H19N7OS. The van der Waals surface area contributed by atoms with Crippen LogP contribution >= 0.6 is 11.3 Å². The normalized spacial score (nSPS) is 18.3. The van der Waals surface area contributed by atoms with E-state index in [1.165, 1.54) is 11.3 Å². The molecule has 25 heavy (non-hydrogen) atoms. The third-order valence-corrected chi connectivity index (χ3v) is 5.20. The van der Waals surface area contributed by atoms with Crippen molar-refractivity contribution in [2.45, 2.75) is 25.3 Å². The van der Waals surface area contributed by atoms with Gasteiger partial charge in [-0.1, -0.05) is 0 Å². The zero-order chi connectivity index (χ0) is 17.2. The summed E-state index contributed by atoms with van der Waals surface area (Å²) in [5.41, 5.74) is 3.20. The Bertz CT molecular complexity index is 889. The Balaban J connectivity index is 1.54. The van der Waals surface area contributed by atoms with Crippen LogP contribution in [0.25, 0.3) is 10.3 Å². The number of hydrogen-bond acceptors (Lipinski definition) is 7. The fourth-order valence-corrected chi connectivity index (χ4v) is 3.82. The maximum atomic E-state index is 12.5. The number of carbonyl (C=O) groups excluding carboxylic acids is 1. The van der Waals surface area contributed by atoms with Gasteiger partial charge in [0.1, 0.15) is 22.4 Å². The van der Waals surface area contributed by atoms with Gasteiger partial charge in [-0.05, 0) is 19.3 Å². The van der Waals surface area contributed by atoms with Gasteiger partial charge < -0.3 is 14.8 Å². The number of fused-ring (bicyclic) bond motifs is 1. The predicted molar refractivity (Wildman–Crippen MR) is 95.7 cm³/mol. The Kier molecular flexibility index (Phi) is 4.31. The molecule has 1 atom stereocenters. The minimum atomic E-state index is -0.0895. The fourth-order valence-electron chi connectivity index (χ4n) is 3.20. The van der Waals surface area contributed by atoms with Crippen LogP contribution in [-0.4, -0.2) is 49.5 Å². The zero-order valence-electron chi connectivity index (χ0n) is 13.9. The van der Waals surface area contributed by atoms with Crippen molar-refractivity contribution in [1.82, 2.24) is 29.8 Å². The standard InChI is InChI=1S/C16H19N7OS/c1-22-9-17-6-12(22)15(24)21-11-4-2-3-5-23(7-11)14-13-16(19-8-18-14)25-10-20-13/h6,8-11H,2-5,7H2,1H3,(H,21,24). The summed E-state index contributed by atoms with van der Waals surface area (Å²) in [5.74, 6) is 0.765.